The standard InChI is InChI=1S/C15H8Cl4N2O2S/c16-9-1-7(2-10(17)5-9)13(22)20-15(24)21-14(23)8-3-11(18)6-12(19)4-8/h1-6H,(H2,20,21,22,23,24). The van der Waals surface area contributed by atoms with Gasteiger partial charge in [-0.2, -0.15) is 0 Å². The molecule has 0 aromatic heterocycles. The van der Waals surface area contributed by atoms with E-state index in [1.807, 2.05) is 0 Å². The van der Waals surface area contributed by atoms with Gasteiger partial charge in [-0.25, -0.2) is 0 Å². The van der Waals surface area contributed by atoms with Gasteiger partial charge >= 0.3 is 0 Å². The van der Waals surface area contributed by atoms with Crippen molar-refractivity contribution in [2.24, 2.45) is 0 Å². The molecule has 124 valence electrons. The molecule has 0 heterocycles. The Kier molecular flexibility index (Phi) is 6.43. The SMILES string of the molecule is O=C(NC(=S)NC(=O)c1cc(Cl)cc(Cl)c1)c1cc(Cl)cc(Cl)c1. The molecule has 2 amide bonds. The Balaban J connectivity index is 2.04. The number of benzene rings is 2. The average Bonchev–Trinajstić information content (AvgIpc) is 2.44. The highest BCUT2D eigenvalue weighted by atomic mass is 35.5. The first kappa shape index (κ1) is 19.0. The third-order valence-corrected chi connectivity index (χ3v) is 3.78. The van der Waals surface area contributed by atoms with Crippen LogP contribution in [0.3, 0.4) is 0 Å². The highest BCUT2D eigenvalue weighted by Crippen LogP contribution is 2.20. The first-order valence-corrected chi connectivity index (χ1v) is 8.25. The van der Waals surface area contributed by atoms with E-state index in [2.05, 4.69) is 10.6 Å². The monoisotopic (exact) mass is 420 g/mol. The van der Waals surface area contributed by atoms with E-state index in [4.69, 9.17) is 58.6 Å². The van der Waals surface area contributed by atoms with Gasteiger partial charge in [-0.15, -0.1) is 0 Å². The summed E-state index contributed by atoms with van der Waals surface area (Å²) in [7, 11) is 0. The molecular formula is C15H8Cl4N2O2S. The van der Waals surface area contributed by atoms with Crippen LogP contribution in [0.2, 0.25) is 20.1 Å². The lowest BCUT2D eigenvalue weighted by atomic mass is 10.2. The number of hydrogen-bond acceptors (Lipinski definition) is 3. The Labute approximate surface area is 163 Å². The molecule has 0 aliphatic rings. The molecule has 9 heteroatoms. The topological polar surface area (TPSA) is 58.2 Å². The van der Waals surface area contributed by atoms with E-state index in [1.54, 1.807) is 0 Å². The lowest BCUT2D eigenvalue weighted by Crippen LogP contribution is -2.42. The maximum Gasteiger partial charge on any atom is 0.257 e. The number of thiocarbonyl (C=S) groups is 1. The fourth-order valence-electron chi connectivity index (χ4n) is 1.75. The van der Waals surface area contributed by atoms with Crippen LogP contribution in [0.4, 0.5) is 0 Å². The van der Waals surface area contributed by atoms with E-state index in [-0.39, 0.29) is 16.2 Å². The average molecular weight is 422 g/mol. The van der Waals surface area contributed by atoms with Crippen molar-refractivity contribution in [3.8, 4) is 0 Å². The molecule has 0 spiro atoms. The Bertz CT molecular complexity index is 734. The molecule has 0 saturated heterocycles. The second-order valence-electron chi connectivity index (χ2n) is 4.55. The second kappa shape index (κ2) is 8.14. The van der Waals surface area contributed by atoms with Crippen molar-refractivity contribution in [3.05, 3.63) is 67.6 Å². The maximum atomic E-state index is 12.1. The third kappa shape index (κ3) is 5.33. The normalized spacial score (nSPS) is 10.2. The Morgan fingerprint density at radius 1 is 0.667 bits per heavy atom. The minimum Gasteiger partial charge on any atom is -0.299 e. The van der Waals surface area contributed by atoms with Crippen LogP contribution in [0.15, 0.2) is 36.4 Å². The van der Waals surface area contributed by atoms with Gasteiger partial charge in [-0.3, -0.25) is 20.2 Å². The fourth-order valence-corrected chi connectivity index (χ4v) is 2.99. The van der Waals surface area contributed by atoms with Crippen LogP contribution < -0.4 is 10.6 Å². The molecule has 4 nitrogen and oxygen atoms in total. The number of carbonyl (C=O) groups is 2. The molecule has 0 bridgehead atoms. The quantitative estimate of drug-likeness (QED) is 0.688. The predicted molar refractivity (Wildman–Crippen MR) is 100 cm³/mol. The van der Waals surface area contributed by atoms with Crippen LogP contribution in [0.1, 0.15) is 20.7 Å². The first-order chi connectivity index (χ1) is 11.2. The van der Waals surface area contributed by atoms with E-state index < -0.39 is 11.8 Å². The van der Waals surface area contributed by atoms with Gasteiger partial charge in [-0.05, 0) is 48.6 Å². The van der Waals surface area contributed by atoms with Gasteiger partial charge in [0.25, 0.3) is 11.8 Å². The zero-order valence-electron chi connectivity index (χ0n) is 11.7. The lowest BCUT2D eigenvalue weighted by molar-refractivity contribution is 0.0968. The number of rotatable bonds is 2. The van der Waals surface area contributed by atoms with E-state index >= 15 is 0 Å². The Hall–Kier alpha value is -1.37. The summed E-state index contributed by atoms with van der Waals surface area (Å²) in [6.07, 6.45) is 0. The zero-order valence-corrected chi connectivity index (χ0v) is 15.5. The second-order valence-corrected chi connectivity index (χ2v) is 6.71. The fraction of sp³-hybridized carbons (Fsp3) is 0. The molecule has 0 atom stereocenters. The largest absolute Gasteiger partial charge is 0.299 e. The van der Waals surface area contributed by atoms with Gasteiger partial charge in [0, 0.05) is 31.2 Å². The van der Waals surface area contributed by atoms with Crippen molar-refractivity contribution in [2.45, 2.75) is 0 Å². The van der Waals surface area contributed by atoms with Crippen LogP contribution in [0.25, 0.3) is 0 Å². The molecule has 2 aromatic rings. The van der Waals surface area contributed by atoms with Gasteiger partial charge in [0.2, 0.25) is 0 Å². The van der Waals surface area contributed by atoms with E-state index in [1.165, 1.54) is 36.4 Å². The summed E-state index contributed by atoms with van der Waals surface area (Å²) >= 11 is 28.3. The number of hydrogen-bond donors (Lipinski definition) is 2. The molecule has 2 rings (SSSR count). The number of carbonyl (C=O) groups excluding carboxylic acids is 2. The lowest BCUT2D eigenvalue weighted by Gasteiger charge is -2.09. The first-order valence-electron chi connectivity index (χ1n) is 6.33. The van der Waals surface area contributed by atoms with Crippen LogP contribution >= 0.6 is 58.6 Å². The van der Waals surface area contributed by atoms with Crippen molar-refractivity contribution in [1.29, 1.82) is 0 Å². The van der Waals surface area contributed by atoms with Gasteiger partial charge in [0.1, 0.15) is 0 Å². The molecule has 0 aliphatic carbocycles. The Morgan fingerprint density at radius 3 is 1.25 bits per heavy atom. The smallest absolute Gasteiger partial charge is 0.257 e. The van der Waals surface area contributed by atoms with Crippen molar-refractivity contribution in [2.75, 3.05) is 0 Å². The van der Waals surface area contributed by atoms with Gasteiger partial charge in [0.15, 0.2) is 5.11 Å². The molecule has 0 unspecified atom stereocenters. The molecule has 2 N–H and O–H groups in total. The van der Waals surface area contributed by atoms with E-state index in [0.29, 0.717) is 20.1 Å². The minimum atomic E-state index is -0.561. The van der Waals surface area contributed by atoms with Crippen molar-refractivity contribution < 1.29 is 9.59 Å². The molecule has 0 saturated carbocycles. The van der Waals surface area contributed by atoms with E-state index in [0.717, 1.165) is 0 Å². The molecular weight excluding hydrogens is 414 g/mol. The molecule has 0 radical (unpaired) electrons. The van der Waals surface area contributed by atoms with Crippen molar-refractivity contribution in [3.63, 3.8) is 0 Å². The van der Waals surface area contributed by atoms with Gasteiger partial charge in [0.05, 0.1) is 0 Å². The molecule has 2 aromatic carbocycles. The molecule has 0 fully saturated rings. The molecule has 24 heavy (non-hydrogen) atoms. The summed E-state index contributed by atoms with van der Waals surface area (Å²) in [5.41, 5.74) is 0.407. The third-order valence-electron chi connectivity index (χ3n) is 2.70. The zero-order chi connectivity index (χ0) is 17.9. The number of nitrogens with one attached hydrogen (secondary N) is 2. The summed E-state index contributed by atoms with van der Waals surface area (Å²) < 4.78 is 0. The highest BCUT2D eigenvalue weighted by molar-refractivity contribution is 7.80. The van der Waals surface area contributed by atoms with Crippen molar-refractivity contribution in [1.82, 2.24) is 10.6 Å². The van der Waals surface area contributed by atoms with Crippen LogP contribution in [0.5, 0.6) is 0 Å². The van der Waals surface area contributed by atoms with E-state index in [9.17, 15) is 9.59 Å². The van der Waals surface area contributed by atoms with Gasteiger partial charge in [-0.1, -0.05) is 46.4 Å². The maximum absolute atomic E-state index is 12.1. The number of amides is 2. The summed E-state index contributed by atoms with van der Waals surface area (Å²) in [5.74, 6) is -1.12. The summed E-state index contributed by atoms with van der Waals surface area (Å²) in [6.45, 7) is 0. The molecule has 0 aliphatic heterocycles. The van der Waals surface area contributed by atoms with Gasteiger partial charge < -0.3 is 0 Å². The minimum absolute atomic E-state index is 0.183. The summed E-state index contributed by atoms with van der Waals surface area (Å²) in [4.78, 5) is 24.2. The summed E-state index contributed by atoms with van der Waals surface area (Å²) in [5, 5.41) is 5.74. The van der Waals surface area contributed by atoms with Crippen LogP contribution in [-0.4, -0.2) is 16.9 Å². The van der Waals surface area contributed by atoms with Crippen LogP contribution in [0, 0.1) is 0 Å². The van der Waals surface area contributed by atoms with Crippen molar-refractivity contribution >= 4 is 75.5 Å². The number of halogens is 4. The summed E-state index contributed by atoms with van der Waals surface area (Å²) in [6, 6.07) is 8.66. The predicted octanol–water partition coefficient (Wildman–Crippen LogP) is 4.74. The highest BCUT2D eigenvalue weighted by Gasteiger charge is 2.13. The Morgan fingerprint density at radius 2 is 0.958 bits per heavy atom. The van der Waals surface area contributed by atoms with Crippen LogP contribution in [-0.2, 0) is 0 Å².